The summed E-state index contributed by atoms with van der Waals surface area (Å²) in [5.74, 6) is 0. The van der Waals surface area contributed by atoms with E-state index in [4.69, 9.17) is 5.26 Å². The number of aryl methyl sites for hydroxylation is 1. The third-order valence-corrected chi connectivity index (χ3v) is 4.21. The zero-order valence-electron chi connectivity index (χ0n) is 13.1. The standard InChI is InChI=1S/C16H26N4/c1-16(2,3)20-7-5-14(6-8-20)18-11-13-9-15(10-17)19(4)12-13/h9,12,14,18H,5-8,11H2,1-4H3. The van der Waals surface area contributed by atoms with E-state index < -0.39 is 0 Å². The molecule has 1 aliphatic rings. The summed E-state index contributed by atoms with van der Waals surface area (Å²) in [7, 11) is 1.92. The number of hydrogen-bond acceptors (Lipinski definition) is 3. The predicted molar refractivity (Wildman–Crippen MR) is 81.3 cm³/mol. The van der Waals surface area contributed by atoms with E-state index in [9.17, 15) is 0 Å². The van der Waals surface area contributed by atoms with E-state index in [2.05, 4.69) is 37.1 Å². The molecule has 0 radical (unpaired) electrons. The van der Waals surface area contributed by atoms with Crippen LogP contribution in [-0.4, -0.2) is 34.1 Å². The zero-order valence-corrected chi connectivity index (χ0v) is 13.1. The molecule has 1 aromatic heterocycles. The van der Waals surface area contributed by atoms with Gasteiger partial charge in [0.25, 0.3) is 0 Å². The normalized spacial score (nSPS) is 18.1. The van der Waals surface area contributed by atoms with Crippen LogP contribution in [0.5, 0.6) is 0 Å². The quantitative estimate of drug-likeness (QED) is 0.919. The molecular formula is C16H26N4. The van der Waals surface area contributed by atoms with Gasteiger partial charge in [0.2, 0.25) is 0 Å². The second-order valence-corrected chi connectivity index (χ2v) is 6.77. The number of nitriles is 1. The van der Waals surface area contributed by atoms with Crippen LogP contribution in [0.1, 0.15) is 44.9 Å². The molecule has 0 unspecified atom stereocenters. The molecule has 1 aromatic rings. The Morgan fingerprint density at radius 1 is 1.35 bits per heavy atom. The Balaban J connectivity index is 1.80. The fraction of sp³-hybridized carbons (Fsp3) is 0.688. The van der Waals surface area contributed by atoms with Crippen LogP contribution in [0.25, 0.3) is 0 Å². The van der Waals surface area contributed by atoms with Gasteiger partial charge in [-0.05, 0) is 45.2 Å². The molecule has 1 saturated heterocycles. The second kappa shape index (κ2) is 5.99. The van der Waals surface area contributed by atoms with Gasteiger partial charge in [-0.2, -0.15) is 5.26 Å². The van der Waals surface area contributed by atoms with Gasteiger partial charge < -0.3 is 9.88 Å². The molecule has 0 aromatic carbocycles. The van der Waals surface area contributed by atoms with Gasteiger partial charge in [-0.15, -0.1) is 0 Å². The van der Waals surface area contributed by atoms with Gasteiger partial charge in [-0.25, -0.2) is 0 Å². The van der Waals surface area contributed by atoms with Crippen molar-refractivity contribution in [2.24, 2.45) is 7.05 Å². The van der Waals surface area contributed by atoms with Gasteiger partial charge in [-0.1, -0.05) is 0 Å². The van der Waals surface area contributed by atoms with Gasteiger partial charge in [0.1, 0.15) is 11.8 Å². The Labute approximate surface area is 122 Å². The topological polar surface area (TPSA) is 44.0 Å². The van der Waals surface area contributed by atoms with Crippen molar-refractivity contribution in [2.45, 2.75) is 51.7 Å². The van der Waals surface area contributed by atoms with Crippen molar-refractivity contribution in [3.05, 3.63) is 23.5 Å². The first-order chi connectivity index (χ1) is 9.40. The second-order valence-electron chi connectivity index (χ2n) is 6.77. The molecule has 2 heterocycles. The van der Waals surface area contributed by atoms with E-state index in [0.29, 0.717) is 6.04 Å². The third kappa shape index (κ3) is 3.62. The summed E-state index contributed by atoms with van der Waals surface area (Å²) in [5, 5.41) is 12.6. The smallest absolute Gasteiger partial charge is 0.120 e. The highest BCUT2D eigenvalue weighted by atomic mass is 15.2. The minimum absolute atomic E-state index is 0.284. The number of nitrogens with one attached hydrogen (secondary N) is 1. The molecular weight excluding hydrogens is 248 g/mol. The monoisotopic (exact) mass is 274 g/mol. The molecule has 0 bridgehead atoms. The Morgan fingerprint density at radius 2 is 2.00 bits per heavy atom. The van der Waals surface area contributed by atoms with Gasteiger partial charge in [-0.3, -0.25) is 4.90 Å². The number of likely N-dealkylation sites (tertiary alicyclic amines) is 1. The molecule has 1 aliphatic heterocycles. The first-order valence-corrected chi connectivity index (χ1v) is 7.44. The highest BCUT2D eigenvalue weighted by Gasteiger charge is 2.26. The summed E-state index contributed by atoms with van der Waals surface area (Å²) in [5.41, 5.74) is 2.21. The van der Waals surface area contributed by atoms with E-state index in [0.717, 1.165) is 12.2 Å². The van der Waals surface area contributed by atoms with Crippen LogP contribution in [0.2, 0.25) is 0 Å². The molecule has 20 heavy (non-hydrogen) atoms. The molecule has 4 nitrogen and oxygen atoms in total. The Kier molecular flexibility index (Phi) is 4.52. The number of hydrogen-bond donors (Lipinski definition) is 1. The summed E-state index contributed by atoms with van der Waals surface area (Å²) in [6.07, 6.45) is 4.44. The van der Waals surface area contributed by atoms with E-state index in [1.54, 1.807) is 0 Å². The first-order valence-electron chi connectivity index (χ1n) is 7.44. The molecule has 0 aliphatic carbocycles. The highest BCUT2D eigenvalue weighted by Crippen LogP contribution is 2.20. The van der Waals surface area contributed by atoms with Crippen molar-refractivity contribution in [1.82, 2.24) is 14.8 Å². The molecule has 1 N–H and O–H groups in total. The lowest BCUT2D eigenvalue weighted by Gasteiger charge is -2.41. The summed E-state index contributed by atoms with van der Waals surface area (Å²) >= 11 is 0. The molecule has 2 rings (SSSR count). The lowest BCUT2D eigenvalue weighted by atomic mass is 9.98. The van der Waals surface area contributed by atoms with Crippen molar-refractivity contribution in [3.8, 4) is 6.07 Å². The molecule has 4 heteroatoms. The van der Waals surface area contributed by atoms with E-state index in [1.165, 1.54) is 31.5 Å². The number of nitrogens with zero attached hydrogens (tertiary/aromatic N) is 3. The van der Waals surface area contributed by atoms with Crippen LogP contribution < -0.4 is 5.32 Å². The highest BCUT2D eigenvalue weighted by molar-refractivity contribution is 5.28. The van der Waals surface area contributed by atoms with Crippen LogP contribution in [-0.2, 0) is 13.6 Å². The van der Waals surface area contributed by atoms with Crippen LogP contribution in [0, 0.1) is 11.3 Å². The maximum absolute atomic E-state index is 8.96. The van der Waals surface area contributed by atoms with Crippen molar-refractivity contribution < 1.29 is 0 Å². The van der Waals surface area contributed by atoms with Crippen LogP contribution in [0.4, 0.5) is 0 Å². The average Bonchev–Trinajstić information content (AvgIpc) is 2.76. The largest absolute Gasteiger partial charge is 0.342 e. The maximum Gasteiger partial charge on any atom is 0.120 e. The molecule has 1 fully saturated rings. The Hall–Kier alpha value is -1.31. The number of piperidine rings is 1. The van der Waals surface area contributed by atoms with Crippen LogP contribution in [0.3, 0.4) is 0 Å². The number of aromatic nitrogens is 1. The summed E-state index contributed by atoms with van der Waals surface area (Å²) in [6, 6.07) is 4.77. The Morgan fingerprint density at radius 3 is 2.50 bits per heavy atom. The van der Waals surface area contributed by atoms with E-state index in [1.807, 2.05) is 23.9 Å². The zero-order chi connectivity index (χ0) is 14.8. The molecule has 0 spiro atoms. The van der Waals surface area contributed by atoms with Crippen LogP contribution >= 0.6 is 0 Å². The van der Waals surface area contributed by atoms with Crippen molar-refractivity contribution >= 4 is 0 Å². The lowest BCUT2D eigenvalue weighted by molar-refractivity contribution is 0.0960. The summed E-state index contributed by atoms with van der Waals surface area (Å²) < 4.78 is 1.89. The maximum atomic E-state index is 8.96. The van der Waals surface area contributed by atoms with Gasteiger partial charge in [0.15, 0.2) is 0 Å². The summed E-state index contributed by atoms with van der Waals surface area (Å²) in [4.78, 5) is 2.56. The third-order valence-electron chi connectivity index (χ3n) is 4.21. The minimum atomic E-state index is 0.284. The van der Waals surface area contributed by atoms with E-state index in [-0.39, 0.29) is 5.54 Å². The molecule has 110 valence electrons. The lowest BCUT2D eigenvalue weighted by Crippen LogP contribution is -2.49. The van der Waals surface area contributed by atoms with Crippen molar-refractivity contribution in [3.63, 3.8) is 0 Å². The van der Waals surface area contributed by atoms with Gasteiger partial charge >= 0.3 is 0 Å². The fourth-order valence-corrected chi connectivity index (χ4v) is 2.86. The summed E-state index contributed by atoms with van der Waals surface area (Å²) in [6.45, 7) is 10.0. The Bertz CT molecular complexity index is 482. The van der Waals surface area contributed by atoms with Gasteiger partial charge in [0.05, 0.1) is 0 Å². The molecule has 0 saturated carbocycles. The molecule has 0 atom stereocenters. The van der Waals surface area contributed by atoms with Gasteiger partial charge in [0, 0.05) is 44.5 Å². The van der Waals surface area contributed by atoms with E-state index >= 15 is 0 Å². The molecule has 0 amide bonds. The van der Waals surface area contributed by atoms with Crippen molar-refractivity contribution in [1.29, 1.82) is 5.26 Å². The fourth-order valence-electron chi connectivity index (χ4n) is 2.86. The first kappa shape index (κ1) is 15.1. The van der Waals surface area contributed by atoms with Crippen LogP contribution in [0.15, 0.2) is 12.3 Å². The SMILES string of the molecule is Cn1cc(CNC2CCN(C(C)(C)C)CC2)cc1C#N. The number of rotatable bonds is 3. The predicted octanol–water partition coefficient (Wildman–Crippen LogP) is 2.25. The minimum Gasteiger partial charge on any atom is -0.342 e. The average molecular weight is 274 g/mol. The van der Waals surface area contributed by atoms with Crippen molar-refractivity contribution in [2.75, 3.05) is 13.1 Å².